The molecule has 3 rings (SSSR count). The normalized spacial score (nSPS) is 10.7. The predicted octanol–water partition coefficient (Wildman–Crippen LogP) is 2.64. The van der Waals surface area contributed by atoms with Gasteiger partial charge in [-0.15, -0.1) is 0 Å². The Morgan fingerprint density at radius 1 is 1.15 bits per heavy atom. The molecule has 20 heavy (non-hydrogen) atoms. The summed E-state index contributed by atoms with van der Waals surface area (Å²) in [5.74, 6) is -0.320. The molecule has 0 unspecified atom stereocenters. The summed E-state index contributed by atoms with van der Waals surface area (Å²) in [5.41, 5.74) is 2.48. The molecule has 0 saturated carbocycles. The number of hydrogen-bond acceptors (Lipinski definition) is 4. The molecule has 0 fully saturated rings. The van der Waals surface area contributed by atoms with Crippen LogP contribution in [0.4, 0.5) is 5.69 Å². The summed E-state index contributed by atoms with van der Waals surface area (Å²) in [5, 5.41) is 3.13. The molecule has 8 heteroatoms. The minimum atomic E-state index is -0.320. The third kappa shape index (κ3) is 2.69. The predicted molar refractivity (Wildman–Crippen MR) is 78.7 cm³/mol. The van der Waals surface area contributed by atoms with Gasteiger partial charge >= 0.3 is 130 Å². The van der Waals surface area contributed by atoms with E-state index in [1.165, 1.54) is 12.1 Å². The third-order valence-electron chi connectivity index (χ3n) is 2.56. The van der Waals surface area contributed by atoms with E-state index in [0.717, 1.165) is 5.52 Å². The average molecular weight is 372 g/mol. The molecular weight excluding hydrogens is 366 g/mol. The average Bonchev–Trinajstić information content (AvgIpc) is 2.87. The van der Waals surface area contributed by atoms with E-state index in [9.17, 15) is 4.79 Å². The number of nitrogens with one attached hydrogen (secondary N) is 1. The van der Waals surface area contributed by atoms with Crippen molar-refractivity contribution >= 4 is 60.8 Å². The Kier molecular flexibility index (Phi) is 3.72. The first-order valence-corrected chi connectivity index (χ1v) is 7.78. The van der Waals surface area contributed by atoms with Gasteiger partial charge in [0.2, 0.25) is 0 Å². The van der Waals surface area contributed by atoms with E-state index in [4.69, 9.17) is 23.2 Å². The number of amides is 1. The van der Waals surface area contributed by atoms with Crippen molar-refractivity contribution < 1.29 is 4.79 Å². The molecule has 0 aliphatic carbocycles. The summed E-state index contributed by atoms with van der Waals surface area (Å²) in [7, 11) is 0. The number of fused-ring (bicyclic) bond motifs is 1. The van der Waals surface area contributed by atoms with Crippen LogP contribution in [0, 0.1) is 0 Å². The van der Waals surface area contributed by atoms with E-state index >= 15 is 0 Å². The molecule has 0 aliphatic rings. The summed E-state index contributed by atoms with van der Waals surface area (Å²) in [4.78, 5) is 16.0. The molecule has 1 amide bonds. The van der Waals surface area contributed by atoms with E-state index in [1.54, 1.807) is 6.07 Å². The molecule has 0 spiro atoms. The van der Waals surface area contributed by atoms with Gasteiger partial charge < -0.3 is 0 Å². The quantitative estimate of drug-likeness (QED) is 0.555. The van der Waals surface area contributed by atoms with Gasteiger partial charge in [0.15, 0.2) is 0 Å². The van der Waals surface area contributed by atoms with Gasteiger partial charge in [-0.2, -0.15) is 0 Å². The molecule has 1 aromatic carbocycles. The van der Waals surface area contributed by atoms with Gasteiger partial charge in [0, 0.05) is 0 Å². The van der Waals surface area contributed by atoms with Crippen LogP contribution in [0.2, 0.25) is 10.3 Å². The number of rotatable bonds is 2. The third-order valence-corrected chi connectivity index (χ3v) is 4.08. The van der Waals surface area contributed by atoms with Crippen molar-refractivity contribution in [2.45, 2.75) is 0 Å². The van der Waals surface area contributed by atoms with Crippen LogP contribution in [-0.4, -0.2) is 33.8 Å². The van der Waals surface area contributed by atoms with Crippen molar-refractivity contribution in [3.05, 3.63) is 46.2 Å². The van der Waals surface area contributed by atoms with Crippen LogP contribution in [0.15, 0.2) is 30.3 Å². The first-order chi connectivity index (χ1) is 9.63. The van der Waals surface area contributed by atoms with Crippen LogP contribution in [0.25, 0.3) is 11.0 Å². The number of carbonyl (C=O) groups is 1. The molecule has 0 bridgehead atoms. The second kappa shape index (κ2) is 5.50. The number of carbonyl (C=O) groups excluding carboxylic acids is 1. The number of anilines is 1. The summed E-state index contributed by atoms with van der Waals surface area (Å²) in [6.07, 6.45) is 0. The maximum absolute atomic E-state index is 12.2. The Balaban J connectivity index is 1.94. The SMILES string of the molecule is O=C(Nc1cccc2n[se]nc12)c1cc(Cl)nc(Cl)c1. The number of pyridine rings is 1. The van der Waals surface area contributed by atoms with Crippen molar-refractivity contribution in [3.63, 3.8) is 0 Å². The Labute approximate surface area is 130 Å². The van der Waals surface area contributed by atoms with E-state index in [1.807, 2.05) is 12.1 Å². The number of aromatic nitrogens is 3. The van der Waals surface area contributed by atoms with E-state index in [2.05, 4.69) is 18.3 Å². The van der Waals surface area contributed by atoms with E-state index in [-0.39, 0.29) is 31.2 Å². The zero-order valence-corrected chi connectivity index (χ0v) is 13.0. The molecule has 0 radical (unpaired) electrons. The molecule has 0 atom stereocenters. The fraction of sp³-hybridized carbons (Fsp3) is 0. The first kappa shape index (κ1) is 13.5. The monoisotopic (exact) mass is 372 g/mol. The summed E-state index contributed by atoms with van der Waals surface area (Å²) in [6, 6.07) is 8.38. The molecule has 2 heterocycles. The fourth-order valence-corrected chi connectivity index (χ4v) is 3.31. The van der Waals surface area contributed by atoms with Crippen LogP contribution in [0.1, 0.15) is 10.4 Å². The second-order valence-electron chi connectivity index (χ2n) is 3.89. The number of hydrogen-bond donors (Lipinski definition) is 1. The van der Waals surface area contributed by atoms with E-state index in [0.29, 0.717) is 16.8 Å². The van der Waals surface area contributed by atoms with Crippen molar-refractivity contribution in [2.75, 3.05) is 5.32 Å². The number of nitrogens with zero attached hydrogens (tertiary/aromatic N) is 3. The Morgan fingerprint density at radius 2 is 1.90 bits per heavy atom. The maximum atomic E-state index is 12.2. The number of benzene rings is 1. The molecular formula is C12H6Cl2N4OSe. The van der Waals surface area contributed by atoms with Crippen molar-refractivity contribution in [2.24, 2.45) is 0 Å². The first-order valence-electron chi connectivity index (χ1n) is 5.49. The van der Waals surface area contributed by atoms with Crippen LogP contribution >= 0.6 is 23.2 Å². The van der Waals surface area contributed by atoms with Crippen LogP contribution in [-0.2, 0) is 0 Å². The molecule has 100 valence electrons. The zero-order chi connectivity index (χ0) is 14.1. The standard InChI is InChI=1S/C12H6Cl2N4OSe/c13-9-4-6(5-10(14)16-9)12(19)15-7-2-1-3-8-11(7)18-20-17-8/h1-5H,(H,15,19). The van der Waals surface area contributed by atoms with Gasteiger partial charge in [-0.05, 0) is 0 Å². The van der Waals surface area contributed by atoms with Crippen molar-refractivity contribution in [1.29, 1.82) is 0 Å². The van der Waals surface area contributed by atoms with Crippen LogP contribution < -0.4 is 5.32 Å². The van der Waals surface area contributed by atoms with E-state index < -0.39 is 0 Å². The molecule has 5 nitrogen and oxygen atoms in total. The van der Waals surface area contributed by atoms with Crippen molar-refractivity contribution in [1.82, 2.24) is 12.9 Å². The van der Waals surface area contributed by atoms with Gasteiger partial charge in [-0.3, -0.25) is 0 Å². The van der Waals surface area contributed by atoms with Gasteiger partial charge in [0.1, 0.15) is 0 Å². The fourth-order valence-electron chi connectivity index (χ4n) is 1.70. The van der Waals surface area contributed by atoms with Gasteiger partial charge in [0.25, 0.3) is 0 Å². The topological polar surface area (TPSA) is 67.8 Å². The van der Waals surface area contributed by atoms with Crippen LogP contribution in [0.5, 0.6) is 0 Å². The molecule has 0 aliphatic heterocycles. The summed E-state index contributed by atoms with van der Waals surface area (Å²) < 4.78 is 8.56. The summed E-state index contributed by atoms with van der Waals surface area (Å²) in [6.45, 7) is 0. The summed E-state index contributed by atoms with van der Waals surface area (Å²) >= 11 is 11.4. The van der Waals surface area contributed by atoms with Crippen LogP contribution in [0.3, 0.4) is 0 Å². The van der Waals surface area contributed by atoms with Gasteiger partial charge in [-0.25, -0.2) is 0 Å². The Hall–Kier alpha value is -1.46. The number of halogens is 2. The zero-order valence-electron chi connectivity index (χ0n) is 9.80. The molecule has 3 aromatic rings. The Morgan fingerprint density at radius 3 is 2.65 bits per heavy atom. The van der Waals surface area contributed by atoms with Gasteiger partial charge in [0.05, 0.1) is 0 Å². The second-order valence-corrected chi connectivity index (χ2v) is 5.78. The van der Waals surface area contributed by atoms with Gasteiger partial charge in [-0.1, -0.05) is 0 Å². The Bertz CT molecular complexity index is 785. The minimum absolute atomic E-state index is 0.146. The molecule has 0 saturated heterocycles. The van der Waals surface area contributed by atoms with Crippen molar-refractivity contribution in [3.8, 4) is 0 Å². The molecule has 1 N–H and O–H groups in total. The molecule has 2 aromatic heterocycles.